The molecule has 32 heavy (non-hydrogen) atoms. The van der Waals surface area contributed by atoms with Crippen LogP contribution in [0.4, 0.5) is 28.9 Å². The number of thiazole rings is 1. The molecule has 0 spiro atoms. The Kier molecular flexibility index (Phi) is 6.36. The molecule has 0 aliphatic heterocycles. The lowest BCUT2D eigenvalue weighted by Gasteiger charge is -2.16. The quantitative estimate of drug-likeness (QED) is 0.457. The molecule has 0 saturated carbocycles. The van der Waals surface area contributed by atoms with Crippen LogP contribution in [0.15, 0.2) is 48.7 Å². The van der Waals surface area contributed by atoms with E-state index in [0.717, 1.165) is 35.6 Å². The van der Waals surface area contributed by atoms with Gasteiger partial charge in [-0.1, -0.05) is 20.8 Å². The third-order valence-electron chi connectivity index (χ3n) is 4.31. The number of aromatic nitrogens is 1. The van der Waals surface area contributed by atoms with Gasteiger partial charge in [-0.05, 0) is 42.5 Å². The maximum absolute atomic E-state index is 13.6. The molecule has 0 aliphatic carbocycles. The highest BCUT2D eigenvalue weighted by Gasteiger charge is 2.35. The fraction of sp³-hybridized carbons (Fsp3) is 0.227. The number of hydrogen-bond acceptors (Lipinski definition) is 4. The van der Waals surface area contributed by atoms with E-state index >= 15 is 0 Å². The van der Waals surface area contributed by atoms with Crippen LogP contribution in [0.1, 0.15) is 51.4 Å². The fourth-order valence-corrected chi connectivity index (χ4v) is 3.55. The van der Waals surface area contributed by atoms with Gasteiger partial charge in [0.05, 0.1) is 22.5 Å². The number of alkyl halides is 3. The Morgan fingerprint density at radius 3 is 2.16 bits per heavy atom. The Bertz CT molecular complexity index is 1150. The van der Waals surface area contributed by atoms with E-state index in [-0.39, 0.29) is 21.5 Å². The lowest BCUT2D eigenvalue weighted by Crippen LogP contribution is -2.17. The van der Waals surface area contributed by atoms with Crippen LogP contribution >= 0.6 is 11.3 Å². The molecule has 5 nitrogen and oxygen atoms in total. The molecule has 0 atom stereocenters. The van der Waals surface area contributed by atoms with Crippen molar-refractivity contribution >= 4 is 34.5 Å². The van der Waals surface area contributed by atoms with Gasteiger partial charge in [-0.2, -0.15) is 13.2 Å². The SMILES string of the molecule is CC(C)(C)c1ncc(C(=O)Nc2ccc(NC(=O)c3ccc(F)cc3)cc2C(F)(F)F)s1. The second kappa shape index (κ2) is 8.70. The van der Waals surface area contributed by atoms with E-state index < -0.39 is 35.1 Å². The molecule has 0 unspecified atom stereocenters. The average Bonchev–Trinajstić information content (AvgIpc) is 3.20. The molecule has 0 fully saturated rings. The third kappa shape index (κ3) is 5.50. The Labute approximate surface area is 185 Å². The summed E-state index contributed by atoms with van der Waals surface area (Å²) >= 11 is 1.10. The standard InChI is InChI=1S/C22H19F4N3O2S/c1-21(2,3)20-27-11-17(32-20)19(31)29-16-9-8-14(10-15(16)22(24,25)26)28-18(30)12-4-6-13(23)7-5-12/h4-11H,1-3H3,(H,28,30)(H,29,31). The van der Waals surface area contributed by atoms with Crippen LogP contribution in [0.2, 0.25) is 0 Å². The number of carbonyl (C=O) groups excluding carboxylic acids is 2. The number of nitrogens with one attached hydrogen (secondary N) is 2. The van der Waals surface area contributed by atoms with Crippen LogP contribution in [0.5, 0.6) is 0 Å². The number of halogens is 4. The highest BCUT2D eigenvalue weighted by Crippen LogP contribution is 2.37. The minimum absolute atomic E-state index is 0.0807. The molecule has 1 heterocycles. The van der Waals surface area contributed by atoms with E-state index in [1.54, 1.807) is 0 Å². The summed E-state index contributed by atoms with van der Waals surface area (Å²) in [5.41, 5.74) is -1.92. The van der Waals surface area contributed by atoms with E-state index in [0.29, 0.717) is 5.01 Å². The van der Waals surface area contributed by atoms with E-state index in [1.165, 1.54) is 24.4 Å². The summed E-state index contributed by atoms with van der Waals surface area (Å²) in [6.45, 7) is 5.73. The molecular weight excluding hydrogens is 446 g/mol. The first-order valence-corrected chi connectivity index (χ1v) is 10.2. The second-order valence-electron chi connectivity index (χ2n) is 7.95. The van der Waals surface area contributed by atoms with Crippen molar-refractivity contribution in [2.75, 3.05) is 10.6 Å². The largest absolute Gasteiger partial charge is 0.418 e. The summed E-state index contributed by atoms with van der Waals surface area (Å²) < 4.78 is 53.9. The maximum atomic E-state index is 13.6. The molecule has 10 heteroatoms. The summed E-state index contributed by atoms with van der Waals surface area (Å²) in [7, 11) is 0. The number of rotatable bonds is 4. The predicted octanol–water partition coefficient (Wildman–Crippen LogP) is 6.10. The lowest BCUT2D eigenvalue weighted by atomic mass is 9.98. The molecule has 2 N–H and O–H groups in total. The zero-order chi connectivity index (χ0) is 23.7. The van der Waals surface area contributed by atoms with Gasteiger partial charge >= 0.3 is 6.18 Å². The number of carbonyl (C=O) groups is 2. The average molecular weight is 465 g/mol. The lowest BCUT2D eigenvalue weighted by molar-refractivity contribution is -0.136. The first-order valence-electron chi connectivity index (χ1n) is 9.40. The van der Waals surface area contributed by atoms with Crippen molar-refractivity contribution < 1.29 is 27.2 Å². The van der Waals surface area contributed by atoms with Crippen molar-refractivity contribution in [3.05, 3.63) is 75.5 Å². The summed E-state index contributed by atoms with van der Waals surface area (Å²) in [6, 6.07) is 7.59. The minimum atomic E-state index is -4.79. The number of benzene rings is 2. The van der Waals surface area contributed by atoms with Crippen molar-refractivity contribution in [1.29, 1.82) is 0 Å². The van der Waals surface area contributed by atoms with Gasteiger partial charge in [-0.3, -0.25) is 9.59 Å². The highest BCUT2D eigenvalue weighted by atomic mass is 32.1. The Balaban J connectivity index is 1.84. The first kappa shape index (κ1) is 23.4. The monoisotopic (exact) mass is 465 g/mol. The summed E-state index contributed by atoms with van der Waals surface area (Å²) in [5.74, 6) is -1.96. The molecule has 168 valence electrons. The van der Waals surface area contributed by atoms with Crippen molar-refractivity contribution in [2.24, 2.45) is 0 Å². The van der Waals surface area contributed by atoms with Crippen molar-refractivity contribution in [2.45, 2.75) is 32.4 Å². The van der Waals surface area contributed by atoms with Gasteiger partial charge in [0.25, 0.3) is 11.8 Å². The second-order valence-corrected chi connectivity index (χ2v) is 8.98. The summed E-state index contributed by atoms with van der Waals surface area (Å²) in [4.78, 5) is 29.1. The van der Waals surface area contributed by atoms with Gasteiger partial charge in [0.1, 0.15) is 10.7 Å². The Morgan fingerprint density at radius 2 is 1.59 bits per heavy atom. The van der Waals surface area contributed by atoms with Gasteiger partial charge < -0.3 is 10.6 Å². The van der Waals surface area contributed by atoms with Gasteiger partial charge in [0.15, 0.2) is 0 Å². The number of hydrogen-bond donors (Lipinski definition) is 2. The number of nitrogens with zero attached hydrogens (tertiary/aromatic N) is 1. The Hall–Kier alpha value is -3.27. The molecular formula is C22H19F4N3O2S. The van der Waals surface area contributed by atoms with E-state index in [4.69, 9.17) is 0 Å². The Morgan fingerprint density at radius 1 is 0.938 bits per heavy atom. The predicted molar refractivity (Wildman–Crippen MR) is 115 cm³/mol. The van der Waals surface area contributed by atoms with Crippen molar-refractivity contribution in [1.82, 2.24) is 4.98 Å². The molecule has 2 amide bonds. The molecule has 3 aromatic rings. The zero-order valence-corrected chi connectivity index (χ0v) is 18.1. The summed E-state index contributed by atoms with van der Waals surface area (Å²) in [5, 5.41) is 5.29. The molecule has 0 radical (unpaired) electrons. The topological polar surface area (TPSA) is 71.1 Å². The molecule has 0 aliphatic rings. The van der Waals surface area contributed by atoms with Crippen LogP contribution < -0.4 is 10.6 Å². The summed E-state index contributed by atoms with van der Waals surface area (Å²) in [6.07, 6.45) is -3.46. The van der Waals surface area contributed by atoms with Gasteiger partial charge in [-0.15, -0.1) is 11.3 Å². The van der Waals surface area contributed by atoms with Gasteiger partial charge in [0.2, 0.25) is 0 Å². The van der Waals surface area contributed by atoms with Crippen LogP contribution in [0.3, 0.4) is 0 Å². The highest BCUT2D eigenvalue weighted by molar-refractivity contribution is 7.13. The zero-order valence-electron chi connectivity index (χ0n) is 17.3. The fourth-order valence-electron chi connectivity index (χ4n) is 2.68. The molecule has 0 bridgehead atoms. The number of anilines is 2. The van der Waals surface area contributed by atoms with Crippen LogP contribution in [0.25, 0.3) is 0 Å². The van der Waals surface area contributed by atoms with Crippen LogP contribution in [-0.4, -0.2) is 16.8 Å². The molecule has 1 aromatic heterocycles. The van der Waals surface area contributed by atoms with Crippen LogP contribution in [-0.2, 0) is 11.6 Å². The van der Waals surface area contributed by atoms with Crippen molar-refractivity contribution in [3.8, 4) is 0 Å². The van der Waals surface area contributed by atoms with E-state index in [2.05, 4.69) is 15.6 Å². The van der Waals surface area contributed by atoms with Crippen LogP contribution in [0, 0.1) is 5.82 Å². The van der Waals surface area contributed by atoms with Crippen molar-refractivity contribution in [3.63, 3.8) is 0 Å². The minimum Gasteiger partial charge on any atom is -0.322 e. The third-order valence-corrected chi connectivity index (χ3v) is 5.73. The van der Waals surface area contributed by atoms with Gasteiger partial charge in [0, 0.05) is 16.7 Å². The maximum Gasteiger partial charge on any atom is 0.418 e. The number of amides is 2. The molecule has 2 aromatic carbocycles. The van der Waals surface area contributed by atoms with E-state index in [9.17, 15) is 27.2 Å². The molecule has 3 rings (SSSR count). The smallest absolute Gasteiger partial charge is 0.322 e. The molecule has 0 saturated heterocycles. The normalized spacial score (nSPS) is 11.8. The van der Waals surface area contributed by atoms with Gasteiger partial charge in [-0.25, -0.2) is 9.37 Å². The van der Waals surface area contributed by atoms with E-state index in [1.807, 2.05) is 20.8 Å². The first-order chi connectivity index (χ1) is 14.8.